The van der Waals surface area contributed by atoms with E-state index in [1.807, 2.05) is 90.5 Å². The Bertz CT molecular complexity index is 1080. The number of rotatable bonds is 7. The molecule has 0 saturated carbocycles. The molecule has 1 aromatic heterocycles. The summed E-state index contributed by atoms with van der Waals surface area (Å²) in [5, 5.41) is 9.09. The van der Waals surface area contributed by atoms with Gasteiger partial charge >= 0.3 is 0 Å². The Morgan fingerprint density at radius 1 is 0.862 bits per heavy atom. The molecule has 4 aromatic rings. The summed E-state index contributed by atoms with van der Waals surface area (Å²) in [5.41, 5.74) is 2.83. The summed E-state index contributed by atoms with van der Waals surface area (Å²) in [6.07, 6.45) is 0.702. The maximum Gasteiger partial charge on any atom is 0.192 e. The van der Waals surface area contributed by atoms with Gasteiger partial charge in [-0.05, 0) is 11.1 Å². The van der Waals surface area contributed by atoms with Gasteiger partial charge in [0.2, 0.25) is 0 Å². The molecule has 0 saturated heterocycles. The van der Waals surface area contributed by atoms with Gasteiger partial charge < -0.3 is 4.57 Å². The zero-order valence-electron chi connectivity index (χ0n) is 16.1. The van der Waals surface area contributed by atoms with E-state index < -0.39 is 0 Å². The lowest BCUT2D eigenvalue weighted by Crippen LogP contribution is -2.11. The van der Waals surface area contributed by atoms with Crippen LogP contribution in [0.15, 0.2) is 96.2 Å². The van der Waals surface area contributed by atoms with Crippen LogP contribution >= 0.6 is 11.8 Å². The van der Waals surface area contributed by atoms with Gasteiger partial charge in [0.1, 0.15) is 11.1 Å². The predicted molar refractivity (Wildman–Crippen MR) is 116 cm³/mol. The van der Waals surface area contributed by atoms with Gasteiger partial charge in [-0.15, -0.1) is 10.2 Å². The number of hydrogen-bond donors (Lipinski definition) is 0. The second kappa shape index (κ2) is 8.88. The standard InChI is InChI=1S/C24H21N3OS/c1-27-21(17-18-11-5-2-6-12-18)25-26-24(27)29-23(20-15-9-4-10-16-20)22(28)19-13-7-3-8-14-19/h2-16,23H,17H2,1H3/t23-/m0/s1. The van der Waals surface area contributed by atoms with Crippen LogP contribution in [0, 0.1) is 0 Å². The second-order valence-electron chi connectivity index (χ2n) is 6.76. The molecule has 0 bridgehead atoms. The average molecular weight is 400 g/mol. The molecule has 0 aliphatic heterocycles. The molecule has 0 spiro atoms. The van der Waals surface area contributed by atoms with Gasteiger partial charge in [-0.2, -0.15) is 0 Å². The minimum absolute atomic E-state index is 0.0643. The number of carbonyl (C=O) groups excluding carboxylic acids is 1. The fraction of sp³-hybridized carbons (Fsp3) is 0.125. The fourth-order valence-corrected chi connectivity index (χ4v) is 4.24. The monoisotopic (exact) mass is 399 g/mol. The van der Waals surface area contributed by atoms with E-state index in [9.17, 15) is 4.79 Å². The third-order valence-electron chi connectivity index (χ3n) is 4.75. The highest BCUT2D eigenvalue weighted by Gasteiger charge is 2.25. The predicted octanol–water partition coefficient (Wildman–Crippen LogP) is 5.12. The minimum Gasteiger partial charge on any atom is -0.309 e. The first-order valence-electron chi connectivity index (χ1n) is 9.45. The van der Waals surface area contributed by atoms with E-state index in [1.54, 1.807) is 0 Å². The molecule has 0 fully saturated rings. The number of aromatic nitrogens is 3. The summed E-state index contributed by atoms with van der Waals surface area (Å²) in [6.45, 7) is 0. The summed E-state index contributed by atoms with van der Waals surface area (Å²) >= 11 is 1.44. The van der Waals surface area contributed by atoms with Crippen molar-refractivity contribution in [3.05, 3.63) is 114 Å². The molecule has 0 aliphatic carbocycles. The zero-order valence-corrected chi connectivity index (χ0v) is 16.9. The van der Waals surface area contributed by atoms with E-state index in [0.717, 1.165) is 16.5 Å². The Morgan fingerprint density at radius 3 is 2.10 bits per heavy atom. The highest BCUT2D eigenvalue weighted by atomic mass is 32.2. The molecule has 0 unspecified atom stereocenters. The van der Waals surface area contributed by atoms with Crippen LogP contribution in [0.5, 0.6) is 0 Å². The summed E-state index contributed by atoms with van der Waals surface area (Å²) in [7, 11) is 1.95. The number of hydrogen-bond acceptors (Lipinski definition) is 4. The lowest BCUT2D eigenvalue weighted by atomic mass is 10.0. The van der Waals surface area contributed by atoms with Crippen molar-refractivity contribution in [2.45, 2.75) is 16.8 Å². The molecule has 0 radical (unpaired) electrons. The van der Waals surface area contributed by atoms with Crippen molar-refractivity contribution in [3.8, 4) is 0 Å². The summed E-state index contributed by atoms with van der Waals surface area (Å²) in [6, 6.07) is 29.4. The van der Waals surface area contributed by atoms with Crippen molar-refractivity contribution in [3.63, 3.8) is 0 Å². The van der Waals surface area contributed by atoms with Gasteiger partial charge in [-0.25, -0.2) is 0 Å². The van der Waals surface area contributed by atoms with Gasteiger partial charge in [-0.1, -0.05) is 103 Å². The minimum atomic E-state index is -0.383. The first-order valence-corrected chi connectivity index (χ1v) is 10.3. The topological polar surface area (TPSA) is 47.8 Å². The molecule has 0 aliphatic rings. The van der Waals surface area contributed by atoms with E-state index in [-0.39, 0.29) is 11.0 Å². The molecule has 0 N–H and O–H groups in total. The first-order chi connectivity index (χ1) is 14.2. The number of thioether (sulfide) groups is 1. The van der Waals surface area contributed by atoms with Gasteiger partial charge in [0.05, 0.1) is 0 Å². The highest BCUT2D eigenvalue weighted by molar-refractivity contribution is 8.00. The molecular formula is C24H21N3OS. The average Bonchev–Trinajstić information content (AvgIpc) is 3.12. The van der Waals surface area contributed by atoms with Gasteiger partial charge in [0.15, 0.2) is 10.9 Å². The number of Topliss-reactive ketones (excluding diaryl/α,β-unsaturated/α-hetero) is 1. The van der Waals surface area contributed by atoms with Crippen LogP contribution in [0.4, 0.5) is 0 Å². The smallest absolute Gasteiger partial charge is 0.192 e. The molecule has 0 amide bonds. The van der Waals surface area contributed by atoms with Crippen LogP contribution in [0.3, 0.4) is 0 Å². The maximum atomic E-state index is 13.3. The van der Waals surface area contributed by atoms with E-state index in [1.165, 1.54) is 17.3 Å². The molecule has 144 valence electrons. The molecule has 5 heteroatoms. The van der Waals surface area contributed by atoms with E-state index in [4.69, 9.17) is 0 Å². The lowest BCUT2D eigenvalue weighted by Gasteiger charge is -2.15. The van der Waals surface area contributed by atoms with Crippen LogP contribution in [-0.4, -0.2) is 20.5 Å². The molecular weight excluding hydrogens is 378 g/mol. The number of nitrogens with zero attached hydrogens (tertiary/aromatic N) is 3. The molecule has 1 heterocycles. The van der Waals surface area contributed by atoms with E-state index in [0.29, 0.717) is 12.0 Å². The second-order valence-corrected chi connectivity index (χ2v) is 7.83. The van der Waals surface area contributed by atoms with Crippen molar-refractivity contribution in [1.29, 1.82) is 0 Å². The number of carbonyl (C=O) groups is 1. The molecule has 4 nitrogen and oxygen atoms in total. The van der Waals surface area contributed by atoms with Crippen molar-refractivity contribution >= 4 is 17.5 Å². The van der Waals surface area contributed by atoms with Crippen molar-refractivity contribution < 1.29 is 4.79 Å². The highest BCUT2D eigenvalue weighted by Crippen LogP contribution is 2.37. The Labute approximate surface area is 174 Å². The summed E-state index contributed by atoms with van der Waals surface area (Å²) in [5.74, 6) is 0.937. The Balaban J connectivity index is 1.62. The maximum absolute atomic E-state index is 13.3. The number of benzene rings is 3. The summed E-state index contributed by atoms with van der Waals surface area (Å²) < 4.78 is 1.98. The third kappa shape index (κ3) is 4.46. The van der Waals surface area contributed by atoms with Crippen molar-refractivity contribution in [2.75, 3.05) is 0 Å². The van der Waals surface area contributed by atoms with Crippen LogP contribution < -0.4 is 0 Å². The zero-order chi connectivity index (χ0) is 20.1. The Kier molecular flexibility index (Phi) is 5.86. The normalized spacial score (nSPS) is 11.9. The van der Waals surface area contributed by atoms with Crippen LogP contribution in [0.2, 0.25) is 0 Å². The van der Waals surface area contributed by atoms with E-state index in [2.05, 4.69) is 22.3 Å². The molecule has 1 atom stereocenters. The first kappa shape index (κ1) is 19.2. The van der Waals surface area contributed by atoms with Crippen LogP contribution in [0.25, 0.3) is 0 Å². The van der Waals surface area contributed by atoms with Gasteiger partial charge in [0, 0.05) is 19.0 Å². The third-order valence-corrected chi connectivity index (χ3v) is 6.04. The van der Waals surface area contributed by atoms with Crippen molar-refractivity contribution in [1.82, 2.24) is 14.8 Å². The number of ketones is 1. The van der Waals surface area contributed by atoms with Crippen LogP contribution in [0.1, 0.15) is 32.6 Å². The van der Waals surface area contributed by atoms with Crippen molar-refractivity contribution in [2.24, 2.45) is 7.05 Å². The molecule has 29 heavy (non-hydrogen) atoms. The molecule has 4 rings (SSSR count). The lowest BCUT2D eigenvalue weighted by molar-refractivity contribution is 0.0989. The van der Waals surface area contributed by atoms with Crippen LogP contribution in [-0.2, 0) is 13.5 Å². The van der Waals surface area contributed by atoms with Gasteiger partial charge in [0.25, 0.3) is 0 Å². The SMILES string of the molecule is Cn1c(Cc2ccccc2)nnc1S[C@H](C(=O)c1ccccc1)c1ccccc1. The quantitative estimate of drug-likeness (QED) is 0.320. The Morgan fingerprint density at radius 2 is 1.45 bits per heavy atom. The molecule has 3 aromatic carbocycles. The largest absolute Gasteiger partial charge is 0.309 e. The van der Waals surface area contributed by atoms with Gasteiger partial charge in [-0.3, -0.25) is 4.79 Å². The Hall–Kier alpha value is -3.18. The van der Waals surface area contributed by atoms with E-state index >= 15 is 0 Å². The summed E-state index contributed by atoms with van der Waals surface area (Å²) in [4.78, 5) is 13.3. The fourth-order valence-electron chi connectivity index (χ4n) is 3.14.